The Morgan fingerprint density at radius 1 is 0.960 bits per heavy atom. The number of rotatable bonds is 8. The molecule has 6 heteroatoms. The van der Waals surface area contributed by atoms with Crippen LogP contribution in [0.25, 0.3) is 0 Å². The Morgan fingerprint density at radius 2 is 1.56 bits per heavy atom. The van der Waals surface area contributed by atoms with Crippen LogP contribution in [-0.2, 0) is 0 Å². The third-order valence-electron chi connectivity index (χ3n) is 3.43. The molecule has 0 bridgehead atoms. The van der Waals surface area contributed by atoms with Crippen LogP contribution < -0.4 is 25.0 Å². The Kier molecular flexibility index (Phi) is 6.95. The lowest BCUT2D eigenvalue weighted by Gasteiger charge is -2.13. The summed E-state index contributed by atoms with van der Waals surface area (Å²) in [4.78, 5) is 13.9. The Balaban J connectivity index is 1.68. The van der Waals surface area contributed by atoms with Crippen molar-refractivity contribution in [3.05, 3.63) is 48.5 Å². The Hall–Kier alpha value is -2.89. The second-order valence-corrected chi connectivity index (χ2v) is 5.58. The summed E-state index contributed by atoms with van der Waals surface area (Å²) in [6.45, 7) is 3.38. The summed E-state index contributed by atoms with van der Waals surface area (Å²) in [7, 11) is 3.94. The van der Waals surface area contributed by atoms with Crippen LogP contribution in [0.15, 0.2) is 48.5 Å². The van der Waals surface area contributed by atoms with E-state index in [1.165, 1.54) is 0 Å². The lowest BCUT2D eigenvalue weighted by molar-refractivity contribution is 0.247. The third kappa shape index (κ3) is 6.25. The van der Waals surface area contributed by atoms with Crippen LogP contribution in [0.1, 0.15) is 6.92 Å². The first-order chi connectivity index (χ1) is 12.1. The van der Waals surface area contributed by atoms with Gasteiger partial charge in [0, 0.05) is 25.5 Å². The van der Waals surface area contributed by atoms with Crippen LogP contribution in [0.4, 0.5) is 16.2 Å². The first-order valence-corrected chi connectivity index (χ1v) is 8.26. The van der Waals surface area contributed by atoms with Crippen molar-refractivity contribution < 1.29 is 14.3 Å². The summed E-state index contributed by atoms with van der Waals surface area (Å²) in [5, 5.41) is 5.55. The first kappa shape index (κ1) is 18.4. The van der Waals surface area contributed by atoms with E-state index in [2.05, 4.69) is 10.6 Å². The summed E-state index contributed by atoms with van der Waals surface area (Å²) < 4.78 is 10.9. The van der Waals surface area contributed by atoms with E-state index in [9.17, 15) is 4.79 Å². The molecule has 0 saturated heterocycles. The number of hydrogen-bond donors (Lipinski definition) is 2. The molecule has 2 amide bonds. The predicted octanol–water partition coefficient (Wildman–Crippen LogP) is 3.35. The van der Waals surface area contributed by atoms with Gasteiger partial charge < -0.3 is 25.0 Å². The van der Waals surface area contributed by atoms with Crippen molar-refractivity contribution in [1.29, 1.82) is 0 Å². The third-order valence-corrected chi connectivity index (χ3v) is 3.43. The molecule has 0 aromatic heterocycles. The van der Waals surface area contributed by atoms with Gasteiger partial charge in [-0.3, -0.25) is 0 Å². The van der Waals surface area contributed by atoms with Crippen LogP contribution in [0.2, 0.25) is 0 Å². The van der Waals surface area contributed by atoms with Crippen molar-refractivity contribution >= 4 is 17.4 Å². The second-order valence-electron chi connectivity index (χ2n) is 5.58. The van der Waals surface area contributed by atoms with Gasteiger partial charge in [-0.25, -0.2) is 4.79 Å². The monoisotopic (exact) mass is 343 g/mol. The molecule has 0 aliphatic heterocycles. The summed E-state index contributed by atoms with van der Waals surface area (Å²) in [5.74, 6) is 1.55. The van der Waals surface area contributed by atoms with Gasteiger partial charge in [-0.1, -0.05) is 0 Å². The highest BCUT2D eigenvalue weighted by molar-refractivity contribution is 5.89. The van der Waals surface area contributed by atoms with Crippen molar-refractivity contribution in [3.8, 4) is 11.5 Å². The minimum Gasteiger partial charge on any atom is -0.494 e. The Labute approximate surface area is 148 Å². The number of nitrogens with zero attached hydrogens (tertiary/aromatic N) is 1. The molecule has 0 spiro atoms. The number of ether oxygens (including phenoxy) is 2. The number of anilines is 2. The van der Waals surface area contributed by atoms with Gasteiger partial charge in [-0.05, 0) is 55.5 Å². The van der Waals surface area contributed by atoms with E-state index in [0.29, 0.717) is 19.8 Å². The van der Waals surface area contributed by atoms with Gasteiger partial charge in [0.05, 0.1) is 13.2 Å². The molecule has 134 valence electrons. The average Bonchev–Trinajstić information content (AvgIpc) is 2.61. The zero-order chi connectivity index (χ0) is 18.1. The zero-order valence-corrected chi connectivity index (χ0v) is 14.9. The predicted molar refractivity (Wildman–Crippen MR) is 101 cm³/mol. The van der Waals surface area contributed by atoms with E-state index in [1.807, 2.05) is 74.4 Å². The van der Waals surface area contributed by atoms with Gasteiger partial charge in [-0.15, -0.1) is 0 Å². The van der Waals surface area contributed by atoms with Crippen LogP contribution in [0.5, 0.6) is 11.5 Å². The van der Waals surface area contributed by atoms with Crippen LogP contribution >= 0.6 is 0 Å². The molecular weight excluding hydrogens is 318 g/mol. The maximum atomic E-state index is 11.9. The molecule has 2 aromatic carbocycles. The van der Waals surface area contributed by atoms with Crippen LogP contribution in [0.3, 0.4) is 0 Å². The Bertz CT molecular complexity index is 655. The molecule has 0 atom stereocenters. The van der Waals surface area contributed by atoms with Crippen LogP contribution in [-0.4, -0.2) is 39.9 Å². The lowest BCUT2D eigenvalue weighted by Crippen LogP contribution is -2.32. The normalized spacial score (nSPS) is 10.0. The van der Waals surface area contributed by atoms with E-state index < -0.39 is 0 Å². The molecule has 0 heterocycles. The van der Waals surface area contributed by atoms with E-state index >= 15 is 0 Å². The van der Waals surface area contributed by atoms with Crippen molar-refractivity contribution in [2.24, 2.45) is 0 Å². The molecule has 0 radical (unpaired) electrons. The van der Waals surface area contributed by atoms with Gasteiger partial charge >= 0.3 is 6.03 Å². The largest absolute Gasteiger partial charge is 0.494 e. The maximum Gasteiger partial charge on any atom is 0.319 e. The van der Waals surface area contributed by atoms with Crippen molar-refractivity contribution in [1.82, 2.24) is 5.32 Å². The SMILES string of the molecule is CCOc1ccc(OCCNC(=O)Nc2ccc(N(C)C)cc2)cc1. The first-order valence-electron chi connectivity index (χ1n) is 8.26. The number of amides is 2. The van der Waals surface area contributed by atoms with Gasteiger partial charge in [0.2, 0.25) is 0 Å². The minimum absolute atomic E-state index is 0.257. The van der Waals surface area contributed by atoms with E-state index in [-0.39, 0.29) is 6.03 Å². The molecule has 2 aromatic rings. The molecule has 6 nitrogen and oxygen atoms in total. The number of hydrogen-bond acceptors (Lipinski definition) is 4. The fraction of sp³-hybridized carbons (Fsp3) is 0.316. The highest BCUT2D eigenvalue weighted by atomic mass is 16.5. The molecule has 0 fully saturated rings. The molecule has 2 rings (SSSR count). The highest BCUT2D eigenvalue weighted by Gasteiger charge is 2.02. The Morgan fingerprint density at radius 3 is 2.12 bits per heavy atom. The number of carbonyl (C=O) groups is 1. The topological polar surface area (TPSA) is 62.8 Å². The fourth-order valence-electron chi connectivity index (χ4n) is 2.15. The van der Waals surface area contributed by atoms with E-state index in [4.69, 9.17) is 9.47 Å². The molecular formula is C19H25N3O3. The van der Waals surface area contributed by atoms with Gasteiger partial charge in [0.1, 0.15) is 18.1 Å². The molecule has 0 unspecified atom stereocenters. The van der Waals surface area contributed by atoms with E-state index in [1.54, 1.807) is 0 Å². The zero-order valence-electron chi connectivity index (χ0n) is 14.9. The van der Waals surface area contributed by atoms with Crippen molar-refractivity contribution in [2.75, 3.05) is 44.1 Å². The number of urea groups is 1. The summed E-state index contributed by atoms with van der Waals surface area (Å²) in [6.07, 6.45) is 0. The molecule has 0 aliphatic rings. The number of carbonyl (C=O) groups excluding carboxylic acids is 1. The van der Waals surface area contributed by atoms with Crippen molar-refractivity contribution in [2.45, 2.75) is 6.92 Å². The van der Waals surface area contributed by atoms with Gasteiger partial charge in [-0.2, -0.15) is 0 Å². The van der Waals surface area contributed by atoms with Gasteiger partial charge in [0.25, 0.3) is 0 Å². The van der Waals surface area contributed by atoms with Crippen LogP contribution in [0, 0.1) is 0 Å². The summed E-state index contributed by atoms with van der Waals surface area (Å²) in [6, 6.07) is 14.8. The van der Waals surface area contributed by atoms with E-state index in [0.717, 1.165) is 22.9 Å². The highest BCUT2D eigenvalue weighted by Crippen LogP contribution is 2.17. The maximum absolute atomic E-state index is 11.9. The molecule has 0 aliphatic carbocycles. The molecule has 0 saturated carbocycles. The van der Waals surface area contributed by atoms with Gasteiger partial charge in [0.15, 0.2) is 0 Å². The minimum atomic E-state index is -0.257. The summed E-state index contributed by atoms with van der Waals surface area (Å²) >= 11 is 0. The van der Waals surface area contributed by atoms with Crippen molar-refractivity contribution in [3.63, 3.8) is 0 Å². The lowest BCUT2D eigenvalue weighted by atomic mass is 10.2. The second kappa shape index (κ2) is 9.42. The summed E-state index contributed by atoms with van der Waals surface area (Å²) in [5.41, 5.74) is 1.82. The quantitative estimate of drug-likeness (QED) is 0.722. The number of nitrogens with one attached hydrogen (secondary N) is 2. The smallest absolute Gasteiger partial charge is 0.319 e. The number of benzene rings is 2. The average molecular weight is 343 g/mol. The fourth-order valence-corrected chi connectivity index (χ4v) is 2.15. The molecule has 25 heavy (non-hydrogen) atoms. The molecule has 2 N–H and O–H groups in total. The standard InChI is InChI=1S/C19H25N3O3/c1-4-24-17-9-11-18(12-10-17)25-14-13-20-19(23)21-15-5-7-16(8-6-15)22(2)3/h5-12H,4,13-14H2,1-3H3,(H2,20,21,23).